The van der Waals surface area contributed by atoms with Gasteiger partial charge < -0.3 is 10.0 Å². The third-order valence-electron chi connectivity index (χ3n) is 4.08. The summed E-state index contributed by atoms with van der Waals surface area (Å²) in [6.07, 6.45) is 1.97. The molecule has 0 heterocycles. The molecule has 0 fully saturated rings. The maximum Gasteiger partial charge on any atom is 0.310 e. The Morgan fingerprint density at radius 2 is 1.67 bits per heavy atom. The maximum atomic E-state index is 12.3. The normalized spacial score (nSPS) is 13.2. The number of carbonyl (C=O) groups is 2. The molecule has 1 atom stereocenters. The molecule has 0 rings (SSSR count). The van der Waals surface area contributed by atoms with Crippen molar-refractivity contribution in [3.63, 3.8) is 0 Å². The first-order valence-electron chi connectivity index (χ1n) is 6.91. The fourth-order valence-corrected chi connectivity index (χ4v) is 2.22. The van der Waals surface area contributed by atoms with E-state index in [-0.39, 0.29) is 18.4 Å². The van der Waals surface area contributed by atoms with E-state index in [9.17, 15) is 14.7 Å². The topological polar surface area (TPSA) is 57.6 Å². The molecule has 1 N–H and O–H groups in total. The Balaban J connectivity index is 4.94. The fraction of sp³-hybridized carbons (Fsp3) is 0.857. The lowest BCUT2D eigenvalue weighted by Crippen LogP contribution is -2.43. The smallest absolute Gasteiger partial charge is 0.310 e. The number of amides is 1. The number of aliphatic carboxylic acids is 1. The van der Waals surface area contributed by atoms with E-state index in [0.717, 1.165) is 6.42 Å². The Kier molecular flexibility index (Phi) is 6.96. The molecule has 0 aromatic rings. The van der Waals surface area contributed by atoms with Gasteiger partial charge in [-0.05, 0) is 33.1 Å². The average Bonchev–Trinajstić information content (AvgIpc) is 2.36. The monoisotopic (exact) mass is 257 g/mol. The van der Waals surface area contributed by atoms with E-state index in [2.05, 4.69) is 0 Å². The third-order valence-corrected chi connectivity index (χ3v) is 4.08. The molecule has 0 radical (unpaired) electrons. The van der Waals surface area contributed by atoms with Crippen molar-refractivity contribution < 1.29 is 14.7 Å². The Hall–Kier alpha value is -1.06. The summed E-state index contributed by atoms with van der Waals surface area (Å²) in [5, 5.41) is 9.35. The second kappa shape index (κ2) is 7.39. The molecule has 0 bridgehead atoms. The highest BCUT2D eigenvalue weighted by molar-refractivity contribution is 5.85. The van der Waals surface area contributed by atoms with Crippen LogP contribution in [0.3, 0.4) is 0 Å². The average molecular weight is 257 g/mol. The van der Waals surface area contributed by atoms with Gasteiger partial charge in [-0.15, -0.1) is 0 Å². The summed E-state index contributed by atoms with van der Waals surface area (Å²) in [4.78, 5) is 25.5. The zero-order valence-electron chi connectivity index (χ0n) is 12.3. The highest BCUT2D eigenvalue weighted by atomic mass is 16.4. The summed E-state index contributed by atoms with van der Waals surface area (Å²) in [5.74, 6) is -0.904. The molecule has 0 aliphatic carbocycles. The lowest BCUT2D eigenvalue weighted by molar-refractivity contribution is -0.154. The van der Waals surface area contributed by atoms with E-state index < -0.39 is 11.4 Å². The maximum absolute atomic E-state index is 12.3. The van der Waals surface area contributed by atoms with Crippen LogP contribution in [0.25, 0.3) is 0 Å². The molecule has 0 spiro atoms. The number of hydrogen-bond donors (Lipinski definition) is 1. The van der Waals surface area contributed by atoms with Gasteiger partial charge in [0.05, 0.1) is 5.41 Å². The summed E-state index contributed by atoms with van der Waals surface area (Å²) in [6, 6.07) is 0.169. The second-order valence-corrected chi connectivity index (χ2v) is 4.91. The van der Waals surface area contributed by atoms with Gasteiger partial charge in [0.15, 0.2) is 0 Å². The summed E-state index contributed by atoms with van der Waals surface area (Å²) < 4.78 is 0. The molecule has 0 aromatic heterocycles. The summed E-state index contributed by atoms with van der Waals surface area (Å²) in [7, 11) is 0. The Morgan fingerprint density at radius 3 is 1.94 bits per heavy atom. The van der Waals surface area contributed by atoms with Crippen molar-refractivity contribution in [2.24, 2.45) is 5.41 Å². The van der Waals surface area contributed by atoms with Gasteiger partial charge in [-0.3, -0.25) is 9.59 Å². The highest BCUT2D eigenvalue weighted by Crippen LogP contribution is 2.32. The zero-order valence-corrected chi connectivity index (χ0v) is 12.3. The van der Waals surface area contributed by atoms with E-state index in [1.807, 2.05) is 34.6 Å². The molecular weight excluding hydrogens is 230 g/mol. The van der Waals surface area contributed by atoms with E-state index in [4.69, 9.17) is 0 Å². The van der Waals surface area contributed by atoms with Gasteiger partial charge in [0, 0.05) is 19.0 Å². The number of carboxylic acids is 1. The van der Waals surface area contributed by atoms with E-state index >= 15 is 0 Å². The van der Waals surface area contributed by atoms with Crippen molar-refractivity contribution in [2.45, 2.75) is 66.3 Å². The summed E-state index contributed by atoms with van der Waals surface area (Å²) in [5.41, 5.74) is -0.905. The Labute approximate surface area is 110 Å². The molecule has 4 heteroatoms. The van der Waals surface area contributed by atoms with Crippen LogP contribution in [-0.2, 0) is 9.59 Å². The number of carboxylic acid groups (broad SMARTS) is 1. The number of carbonyl (C=O) groups excluding carboxylic acids is 1. The predicted molar refractivity (Wildman–Crippen MR) is 72.4 cm³/mol. The van der Waals surface area contributed by atoms with Gasteiger partial charge in [0.2, 0.25) is 5.91 Å². The van der Waals surface area contributed by atoms with Crippen LogP contribution in [0, 0.1) is 5.41 Å². The molecular formula is C14H27NO3. The van der Waals surface area contributed by atoms with E-state index in [0.29, 0.717) is 19.4 Å². The van der Waals surface area contributed by atoms with Crippen LogP contribution in [-0.4, -0.2) is 34.5 Å². The lowest BCUT2D eigenvalue weighted by atomic mass is 9.79. The van der Waals surface area contributed by atoms with Gasteiger partial charge >= 0.3 is 5.97 Å². The SMILES string of the molecule is CCC(C)N(CC)C(=O)CC(CC)(CC)C(=O)O. The summed E-state index contributed by atoms with van der Waals surface area (Å²) in [6.45, 7) is 10.3. The first kappa shape index (κ1) is 16.9. The molecule has 0 aromatic carbocycles. The highest BCUT2D eigenvalue weighted by Gasteiger charge is 2.38. The van der Waals surface area contributed by atoms with Crippen molar-refractivity contribution in [2.75, 3.05) is 6.54 Å². The van der Waals surface area contributed by atoms with Gasteiger partial charge in [0.1, 0.15) is 0 Å². The fourth-order valence-electron chi connectivity index (χ4n) is 2.22. The van der Waals surface area contributed by atoms with Gasteiger partial charge in [-0.1, -0.05) is 20.8 Å². The minimum absolute atomic E-state index is 0.0436. The first-order valence-corrected chi connectivity index (χ1v) is 6.91. The molecule has 18 heavy (non-hydrogen) atoms. The minimum Gasteiger partial charge on any atom is -0.481 e. The second-order valence-electron chi connectivity index (χ2n) is 4.91. The van der Waals surface area contributed by atoms with Crippen molar-refractivity contribution >= 4 is 11.9 Å². The summed E-state index contributed by atoms with van der Waals surface area (Å²) >= 11 is 0. The lowest BCUT2D eigenvalue weighted by Gasteiger charge is -2.32. The van der Waals surface area contributed by atoms with Crippen LogP contribution in [0.2, 0.25) is 0 Å². The van der Waals surface area contributed by atoms with Crippen LogP contribution in [0.4, 0.5) is 0 Å². The zero-order chi connectivity index (χ0) is 14.3. The molecule has 0 saturated heterocycles. The molecule has 0 aliphatic heterocycles. The predicted octanol–water partition coefficient (Wildman–Crippen LogP) is 2.91. The molecule has 4 nitrogen and oxygen atoms in total. The van der Waals surface area contributed by atoms with Crippen LogP contribution in [0.1, 0.15) is 60.3 Å². The minimum atomic E-state index is -0.905. The number of nitrogens with zero attached hydrogens (tertiary/aromatic N) is 1. The molecule has 1 unspecified atom stereocenters. The van der Waals surface area contributed by atoms with E-state index in [1.54, 1.807) is 4.90 Å². The largest absolute Gasteiger partial charge is 0.481 e. The van der Waals surface area contributed by atoms with Gasteiger partial charge in [0.25, 0.3) is 0 Å². The quantitative estimate of drug-likeness (QED) is 0.727. The van der Waals surface area contributed by atoms with Gasteiger partial charge in [-0.25, -0.2) is 0 Å². The van der Waals surface area contributed by atoms with E-state index in [1.165, 1.54) is 0 Å². The first-order chi connectivity index (χ1) is 8.38. The van der Waals surface area contributed by atoms with Crippen LogP contribution in [0.5, 0.6) is 0 Å². The van der Waals surface area contributed by atoms with Crippen molar-refractivity contribution in [1.82, 2.24) is 4.90 Å². The number of rotatable bonds is 8. The number of hydrogen-bond acceptors (Lipinski definition) is 2. The van der Waals surface area contributed by atoms with Crippen LogP contribution in [0.15, 0.2) is 0 Å². The van der Waals surface area contributed by atoms with Gasteiger partial charge in [-0.2, -0.15) is 0 Å². The molecule has 106 valence electrons. The van der Waals surface area contributed by atoms with Crippen molar-refractivity contribution in [3.8, 4) is 0 Å². The van der Waals surface area contributed by atoms with Crippen LogP contribution >= 0.6 is 0 Å². The Bertz CT molecular complexity index is 285. The van der Waals surface area contributed by atoms with Crippen LogP contribution < -0.4 is 0 Å². The molecule has 1 amide bonds. The Morgan fingerprint density at radius 1 is 1.17 bits per heavy atom. The van der Waals surface area contributed by atoms with Crippen molar-refractivity contribution in [3.05, 3.63) is 0 Å². The third kappa shape index (κ3) is 3.72. The standard InChI is InChI=1S/C14H27NO3/c1-6-11(5)15(9-4)12(16)10-14(7-2,8-3)13(17)18/h11H,6-10H2,1-5H3,(H,17,18). The van der Waals surface area contributed by atoms with Crippen molar-refractivity contribution in [1.29, 1.82) is 0 Å². The molecule has 0 saturated carbocycles. The molecule has 0 aliphatic rings.